The zero-order valence-electron chi connectivity index (χ0n) is 14.7. The first-order valence-electron chi connectivity index (χ1n) is 8.21. The van der Waals surface area contributed by atoms with Crippen molar-refractivity contribution in [1.82, 2.24) is 0 Å². The van der Waals surface area contributed by atoms with Gasteiger partial charge in [0, 0.05) is 0 Å². The highest BCUT2D eigenvalue weighted by molar-refractivity contribution is 5.92. The van der Waals surface area contributed by atoms with E-state index in [1.165, 1.54) is 6.07 Å². The molecule has 132 valence electrons. The van der Waals surface area contributed by atoms with Crippen LogP contribution in [0.5, 0.6) is 11.5 Å². The standard InChI is InChI=1S/C20H22O5/c1-4-23-19(21)16-6-5-7-18(12-16)25-20(22)15-8-10-17(11-9-15)24-13-14(2)3/h5-12,14H,4,13H2,1-3H3. The van der Waals surface area contributed by atoms with Crippen LogP contribution in [-0.4, -0.2) is 25.2 Å². The van der Waals surface area contributed by atoms with Crippen LogP contribution in [0.4, 0.5) is 0 Å². The molecule has 5 nitrogen and oxygen atoms in total. The van der Waals surface area contributed by atoms with E-state index in [1.54, 1.807) is 49.4 Å². The first kappa shape index (κ1) is 18.5. The second kappa shape index (κ2) is 8.87. The Hall–Kier alpha value is -2.82. The van der Waals surface area contributed by atoms with E-state index in [1.807, 2.05) is 0 Å². The third-order valence-electron chi connectivity index (χ3n) is 3.23. The molecular weight excluding hydrogens is 320 g/mol. The lowest BCUT2D eigenvalue weighted by atomic mass is 10.2. The molecule has 0 spiro atoms. The molecule has 0 bridgehead atoms. The van der Waals surface area contributed by atoms with Crippen molar-refractivity contribution >= 4 is 11.9 Å². The highest BCUT2D eigenvalue weighted by Gasteiger charge is 2.12. The summed E-state index contributed by atoms with van der Waals surface area (Å²) in [4.78, 5) is 23.9. The van der Waals surface area contributed by atoms with Gasteiger partial charge in [-0.25, -0.2) is 9.59 Å². The number of hydrogen-bond acceptors (Lipinski definition) is 5. The Labute approximate surface area is 147 Å². The number of carbonyl (C=O) groups excluding carboxylic acids is 2. The monoisotopic (exact) mass is 342 g/mol. The number of carbonyl (C=O) groups is 2. The van der Waals surface area contributed by atoms with Crippen LogP contribution in [0, 0.1) is 5.92 Å². The average molecular weight is 342 g/mol. The number of hydrogen-bond donors (Lipinski definition) is 0. The Morgan fingerprint density at radius 3 is 2.28 bits per heavy atom. The van der Waals surface area contributed by atoms with Gasteiger partial charge in [0.1, 0.15) is 11.5 Å². The molecule has 0 fully saturated rings. The van der Waals surface area contributed by atoms with E-state index in [4.69, 9.17) is 14.2 Å². The summed E-state index contributed by atoms with van der Waals surface area (Å²) >= 11 is 0. The number of esters is 2. The Bertz CT molecular complexity index is 719. The van der Waals surface area contributed by atoms with Crippen LogP contribution in [0.15, 0.2) is 48.5 Å². The Balaban J connectivity index is 2.02. The summed E-state index contributed by atoms with van der Waals surface area (Å²) in [5.74, 6) is 0.463. The first-order valence-corrected chi connectivity index (χ1v) is 8.21. The summed E-state index contributed by atoms with van der Waals surface area (Å²) in [6.45, 7) is 6.77. The molecule has 0 unspecified atom stereocenters. The van der Waals surface area contributed by atoms with E-state index < -0.39 is 11.9 Å². The van der Waals surface area contributed by atoms with Crippen LogP contribution in [0.25, 0.3) is 0 Å². The number of rotatable bonds is 7. The molecule has 2 aromatic carbocycles. The van der Waals surface area contributed by atoms with Crippen LogP contribution < -0.4 is 9.47 Å². The van der Waals surface area contributed by atoms with Gasteiger partial charge >= 0.3 is 11.9 Å². The minimum Gasteiger partial charge on any atom is -0.493 e. The van der Waals surface area contributed by atoms with Gasteiger partial charge in [-0.3, -0.25) is 0 Å². The van der Waals surface area contributed by atoms with Gasteiger partial charge in [0.25, 0.3) is 0 Å². The summed E-state index contributed by atoms with van der Waals surface area (Å²) in [6, 6.07) is 13.1. The summed E-state index contributed by atoms with van der Waals surface area (Å²) in [5.41, 5.74) is 0.739. The van der Waals surface area contributed by atoms with Gasteiger partial charge in [-0.1, -0.05) is 19.9 Å². The molecule has 0 atom stereocenters. The van der Waals surface area contributed by atoms with Crippen LogP contribution in [0.3, 0.4) is 0 Å². The molecule has 0 radical (unpaired) electrons. The van der Waals surface area contributed by atoms with Gasteiger partial charge in [0.05, 0.1) is 24.3 Å². The Morgan fingerprint density at radius 2 is 1.64 bits per heavy atom. The van der Waals surface area contributed by atoms with Crippen molar-refractivity contribution in [2.45, 2.75) is 20.8 Å². The molecule has 0 saturated heterocycles. The maximum absolute atomic E-state index is 12.2. The van der Waals surface area contributed by atoms with Gasteiger partial charge in [0.2, 0.25) is 0 Å². The highest BCUT2D eigenvalue weighted by Crippen LogP contribution is 2.18. The summed E-state index contributed by atoms with van der Waals surface area (Å²) < 4.78 is 15.8. The minimum absolute atomic E-state index is 0.286. The predicted molar refractivity (Wildman–Crippen MR) is 94.1 cm³/mol. The molecule has 5 heteroatoms. The zero-order valence-corrected chi connectivity index (χ0v) is 14.7. The summed E-state index contributed by atoms with van der Waals surface area (Å²) in [6.07, 6.45) is 0. The van der Waals surface area contributed by atoms with E-state index in [2.05, 4.69) is 13.8 Å². The molecule has 0 saturated carbocycles. The normalized spacial score (nSPS) is 10.4. The number of ether oxygens (including phenoxy) is 3. The van der Waals surface area contributed by atoms with E-state index in [-0.39, 0.29) is 12.4 Å². The van der Waals surface area contributed by atoms with Crippen molar-refractivity contribution in [1.29, 1.82) is 0 Å². The molecule has 0 N–H and O–H groups in total. The average Bonchev–Trinajstić information content (AvgIpc) is 2.61. The maximum Gasteiger partial charge on any atom is 0.343 e. The van der Waals surface area contributed by atoms with Crippen LogP contribution in [0.2, 0.25) is 0 Å². The third kappa shape index (κ3) is 5.64. The zero-order chi connectivity index (χ0) is 18.2. The third-order valence-corrected chi connectivity index (χ3v) is 3.23. The maximum atomic E-state index is 12.2. The lowest BCUT2D eigenvalue weighted by Gasteiger charge is -2.09. The van der Waals surface area contributed by atoms with Crippen molar-refractivity contribution in [3.63, 3.8) is 0 Å². The summed E-state index contributed by atoms with van der Waals surface area (Å²) in [7, 11) is 0. The minimum atomic E-state index is -0.503. The van der Waals surface area contributed by atoms with E-state index in [9.17, 15) is 9.59 Å². The molecule has 2 rings (SSSR count). The van der Waals surface area contributed by atoms with E-state index in [0.29, 0.717) is 29.4 Å². The molecule has 0 heterocycles. The van der Waals surface area contributed by atoms with Gasteiger partial charge < -0.3 is 14.2 Å². The fourth-order valence-corrected chi connectivity index (χ4v) is 2.02. The largest absolute Gasteiger partial charge is 0.493 e. The van der Waals surface area contributed by atoms with Gasteiger partial charge in [-0.05, 0) is 55.3 Å². The van der Waals surface area contributed by atoms with Crippen molar-refractivity contribution in [2.75, 3.05) is 13.2 Å². The Morgan fingerprint density at radius 1 is 0.920 bits per heavy atom. The fourth-order valence-electron chi connectivity index (χ4n) is 2.02. The molecule has 0 aliphatic carbocycles. The second-order valence-electron chi connectivity index (χ2n) is 5.87. The van der Waals surface area contributed by atoms with Crippen molar-refractivity contribution in [3.8, 4) is 11.5 Å². The van der Waals surface area contributed by atoms with Gasteiger partial charge in [-0.15, -0.1) is 0 Å². The van der Waals surface area contributed by atoms with Crippen molar-refractivity contribution < 1.29 is 23.8 Å². The van der Waals surface area contributed by atoms with Gasteiger partial charge in [0.15, 0.2) is 0 Å². The van der Waals surface area contributed by atoms with Crippen LogP contribution in [-0.2, 0) is 4.74 Å². The molecule has 25 heavy (non-hydrogen) atoms. The lowest BCUT2D eigenvalue weighted by Crippen LogP contribution is -2.10. The molecule has 0 aliphatic rings. The molecule has 0 aliphatic heterocycles. The lowest BCUT2D eigenvalue weighted by molar-refractivity contribution is 0.0524. The molecule has 2 aromatic rings. The predicted octanol–water partition coefficient (Wildman–Crippen LogP) is 4.12. The number of benzene rings is 2. The quantitative estimate of drug-likeness (QED) is 0.559. The molecular formula is C20H22O5. The van der Waals surface area contributed by atoms with E-state index >= 15 is 0 Å². The highest BCUT2D eigenvalue weighted by atomic mass is 16.5. The molecule has 0 amide bonds. The van der Waals surface area contributed by atoms with Crippen molar-refractivity contribution in [3.05, 3.63) is 59.7 Å². The van der Waals surface area contributed by atoms with Crippen molar-refractivity contribution in [2.24, 2.45) is 5.92 Å². The first-order chi connectivity index (χ1) is 12.0. The fraction of sp³-hybridized carbons (Fsp3) is 0.300. The summed E-state index contributed by atoms with van der Waals surface area (Å²) in [5, 5.41) is 0. The van der Waals surface area contributed by atoms with Gasteiger partial charge in [-0.2, -0.15) is 0 Å². The molecule has 0 aromatic heterocycles. The van der Waals surface area contributed by atoms with E-state index in [0.717, 1.165) is 0 Å². The van der Waals surface area contributed by atoms with Crippen LogP contribution >= 0.6 is 0 Å². The topological polar surface area (TPSA) is 61.8 Å². The smallest absolute Gasteiger partial charge is 0.343 e. The van der Waals surface area contributed by atoms with Crippen LogP contribution in [0.1, 0.15) is 41.5 Å². The Kier molecular flexibility index (Phi) is 6.57. The SMILES string of the molecule is CCOC(=O)c1cccc(OC(=O)c2ccc(OCC(C)C)cc2)c1. The second-order valence-corrected chi connectivity index (χ2v) is 5.87.